The van der Waals surface area contributed by atoms with Crippen molar-refractivity contribution in [3.05, 3.63) is 122 Å². The Labute approximate surface area is 291 Å². The number of aliphatic imine (C=N–C) groups is 1. The SMILES string of the molecule is COc1ccc(CNNC(=O)[C@@]2(Cc3ccc(Br)cc3)N=C(c3ccc(OCCCO)cc3)O[C@H]2c2ccc(Cl)cc2Cl)cc1OC. The summed E-state index contributed by atoms with van der Waals surface area (Å²) in [6, 6.07) is 25.5. The minimum atomic E-state index is -1.48. The first kappa shape index (κ1) is 34.5. The molecule has 246 valence electrons. The van der Waals surface area contributed by atoms with Gasteiger partial charge >= 0.3 is 0 Å². The molecule has 4 aromatic carbocycles. The Morgan fingerprint density at radius 2 is 1.68 bits per heavy atom. The number of amides is 1. The maximum Gasteiger partial charge on any atom is 0.266 e. The maximum absolute atomic E-state index is 14.5. The predicted octanol–water partition coefficient (Wildman–Crippen LogP) is 6.85. The van der Waals surface area contributed by atoms with Gasteiger partial charge in [0.25, 0.3) is 5.91 Å². The van der Waals surface area contributed by atoms with Crippen molar-refractivity contribution in [2.45, 2.75) is 31.0 Å². The number of ether oxygens (including phenoxy) is 4. The molecule has 2 atom stereocenters. The normalized spacial score (nSPS) is 17.1. The van der Waals surface area contributed by atoms with Crippen LogP contribution in [0.3, 0.4) is 0 Å². The lowest BCUT2D eigenvalue weighted by Gasteiger charge is -2.31. The first-order chi connectivity index (χ1) is 22.8. The van der Waals surface area contributed by atoms with Crippen molar-refractivity contribution >= 4 is 50.9 Å². The molecular weight excluding hydrogens is 709 g/mol. The van der Waals surface area contributed by atoms with Crippen LogP contribution in [0.4, 0.5) is 0 Å². The number of rotatable bonds is 14. The third-order valence-corrected chi connectivity index (χ3v) is 8.70. The molecule has 3 N–H and O–H groups in total. The number of nitrogens with one attached hydrogen (secondary N) is 2. The van der Waals surface area contributed by atoms with Gasteiger partial charge in [-0.1, -0.05) is 63.4 Å². The highest BCUT2D eigenvalue weighted by Crippen LogP contribution is 2.45. The van der Waals surface area contributed by atoms with Crippen molar-refractivity contribution in [3.63, 3.8) is 0 Å². The minimum Gasteiger partial charge on any atom is -0.494 e. The van der Waals surface area contributed by atoms with Gasteiger partial charge in [-0.05, 0) is 71.8 Å². The van der Waals surface area contributed by atoms with E-state index in [2.05, 4.69) is 26.8 Å². The van der Waals surface area contributed by atoms with E-state index >= 15 is 0 Å². The monoisotopic (exact) mass is 741 g/mol. The van der Waals surface area contributed by atoms with Crippen molar-refractivity contribution in [1.82, 2.24) is 10.9 Å². The fraction of sp³-hybridized carbons (Fsp3) is 0.257. The standard InChI is InChI=1S/C35H34BrCl2N3O6/c1-44-30-15-6-23(18-31(30)45-2)21-39-41-34(43)35(20-22-4-9-25(36)10-5-22)32(28-14-11-26(37)19-29(28)38)47-33(40-35)24-7-12-27(13-8-24)46-17-3-16-42/h4-15,18-19,32,39,42H,3,16-17,20-21H2,1-2H3,(H,41,43)/t32-,35-/m0/s1. The number of hydrogen-bond donors (Lipinski definition) is 3. The Hall–Kier alpha value is -3.80. The molecule has 1 amide bonds. The van der Waals surface area contributed by atoms with Gasteiger partial charge in [0.05, 0.1) is 20.8 Å². The van der Waals surface area contributed by atoms with Crippen LogP contribution >= 0.6 is 39.1 Å². The molecule has 12 heteroatoms. The first-order valence-corrected chi connectivity index (χ1v) is 16.4. The molecular formula is C35H34BrCl2N3O6. The Morgan fingerprint density at radius 1 is 0.957 bits per heavy atom. The van der Waals surface area contributed by atoms with Crippen LogP contribution in [0.2, 0.25) is 10.0 Å². The van der Waals surface area contributed by atoms with Gasteiger partial charge in [-0.25, -0.2) is 10.4 Å². The van der Waals surface area contributed by atoms with Crippen LogP contribution < -0.4 is 25.1 Å². The van der Waals surface area contributed by atoms with E-state index in [-0.39, 0.29) is 18.9 Å². The Balaban J connectivity index is 1.52. The fourth-order valence-electron chi connectivity index (χ4n) is 5.21. The summed E-state index contributed by atoms with van der Waals surface area (Å²) in [7, 11) is 3.14. The van der Waals surface area contributed by atoms with Crippen LogP contribution in [0.1, 0.15) is 34.8 Å². The molecule has 0 unspecified atom stereocenters. The maximum atomic E-state index is 14.5. The second kappa shape index (κ2) is 15.9. The van der Waals surface area contributed by atoms with E-state index in [0.717, 1.165) is 15.6 Å². The lowest BCUT2D eigenvalue weighted by atomic mass is 9.82. The number of carbonyl (C=O) groups excluding carboxylic acids is 1. The molecule has 47 heavy (non-hydrogen) atoms. The smallest absolute Gasteiger partial charge is 0.266 e. The van der Waals surface area contributed by atoms with Crippen LogP contribution in [0.5, 0.6) is 17.2 Å². The van der Waals surface area contributed by atoms with Gasteiger partial charge in [0.15, 0.2) is 23.1 Å². The topological polar surface area (TPSA) is 111 Å². The van der Waals surface area contributed by atoms with Crippen LogP contribution in [-0.4, -0.2) is 49.9 Å². The van der Waals surface area contributed by atoms with E-state index in [1.165, 1.54) is 0 Å². The average molecular weight is 743 g/mol. The second-order valence-corrected chi connectivity index (χ2v) is 12.5. The molecule has 0 fully saturated rings. The molecule has 0 aromatic heterocycles. The number of halogens is 3. The number of aliphatic hydroxyl groups excluding tert-OH is 1. The quantitative estimate of drug-likeness (QED) is 0.0958. The summed E-state index contributed by atoms with van der Waals surface area (Å²) >= 11 is 16.5. The van der Waals surface area contributed by atoms with Crippen molar-refractivity contribution in [2.24, 2.45) is 4.99 Å². The number of nitrogens with zero attached hydrogens (tertiary/aromatic N) is 1. The van der Waals surface area contributed by atoms with E-state index in [1.807, 2.05) is 48.5 Å². The molecule has 0 bridgehead atoms. The van der Waals surface area contributed by atoms with E-state index in [4.69, 9.17) is 52.2 Å². The van der Waals surface area contributed by atoms with E-state index < -0.39 is 17.6 Å². The highest BCUT2D eigenvalue weighted by atomic mass is 79.9. The van der Waals surface area contributed by atoms with Gasteiger partial charge in [0.1, 0.15) is 5.75 Å². The third-order valence-electron chi connectivity index (χ3n) is 7.60. The molecule has 0 radical (unpaired) electrons. The Morgan fingerprint density at radius 3 is 2.36 bits per heavy atom. The summed E-state index contributed by atoms with van der Waals surface area (Å²) in [6.07, 6.45) is -0.191. The summed E-state index contributed by atoms with van der Waals surface area (Å²) in [5.41, 5.74) is 7.38. The Kier molecular flexibility index (Phi) is 11.7. The lowest BCUT2D eigenvalue weighted by molar-refractivity contribution is -0.130. The van der Waals surface area contributed by atoms with Gasteiger partial charge in [0.2, 0.25) is 5.90 Å². The summed E-state index contributed by atoms with van der Waals surface area (Å²) in [5.74, 6) is 1.67. The van der Waals surface area contributed by atoms with Crippen molar-refractivity contribution in [3.8, 4) is 17.2 Å². The van der Waals surface area contributed by atoms with Crippen LogP contribution in [-0.2, 0) is 22.5 Å². The molecule has 5 rings (SSSR count). The summed E-state index contributed by atoms with van der Waals surface area (Å²) < 4.78 is 23.9. The van der Waals surface area contributed by atoms with Crippen LogP contribution in [0, 0.1) is 0 Å². The number of aliphatic hydroxyl groups is 1. The fourth-order valence-corrected chi connectivity index (χ4v) is 5.98. The van der Waals surface area contributed by atoms with Gasteiger partial charge in [0, 0.05) is 51.6 Å². The average Bonchev–Trinajstić information content (AvgIpc) is 3.46. The van der Waals surface area contributed by atoms with Gasteiger partial charge in [-0.15, -0.1) is 0 Å². The lowest BCUT2D eigenvalue weighted by Crippen LogP contribution is -2.53. The van der Waals surface area contributed by atoms with Crippen molar-refractivity contribution in [1.29, 1.82) is 0 Å². The zero-order valence-electron chi connectivity index (χ0n) is 25.8. The largest absolute Gasteiger partial charge is 0.494 e. The molecule has 1 aliphatic heterocycles. The van der Waals surface area contributed by atoms with Crippen LogP contribution in [0.15, 0.2) is 94.4 Å². The molecule has 9 nitrogen and oxygen atoms in total. The van der Waals surface area contributed by atoms with E-state index in [1.54, 1.807) is 50.6 Å². The predicted molar refractivity (Wildman–Crippen MR) is 186 cm³/mol. The number of hydrogen-bond acceptors (Lipinski definition) is 8. The van der Waals surface area contributed by atoms with E-state index in [9.17, 15) is 4.79 Å². The molecule has 0 saturated carbocycles. The molecule has 4 aromatic rings. The van der Waals surface area contributed by atoms with Gasteiger partial charge in [-0.3, -0.25) is 10.2 Å². The molecule has 0 aliphatic carbocycles. The highest BCUT2D eigenvalue weighted by molar-refractivity contribution is 9.10. The van der Waals surface area contributed by atoms with Crippen molar-refractivity contribution in [2.75, 3.05) is 27.4 Å². The van der Waals surface area contributed by atoms with E-state index in [0.29, 0.717) is 58.0 Å². The highest BCUT2D eigenvalue weighted by Gasteiger charge is 2.54. The zero-order valence-corrected chi connectivity index (χ0v) is 28.9. The van der Waals surface area contributed by atoms with Crippen molar-refractivity contribution < 1.29 is 28.8 Å². The number of benzene rings is 4. The summed E-state index contributed by atoms with van der Waals surface area (Å²) in [6.45, 7) is 0.724. The number of carbonyl (C=O) groups is 1. The zero-order chi connectivity index (χ0) is 33.4. The molecule has 1 heterocycles. The third kappa shape index (κ3) is 8.20. The molecule has 0 saturated heterocycles. The number of hydrazine groups is 1. The van der Waals surface area contributed by atoms with Gasteiger partial charge < -0.3 is 24.1 Å². The summed E-state index contributed by atoms with van der Waals surface area (Å²) in [4.78, 5) is 19.5. The van der Waals surface area contributed by atoms with Crippen LogP contribution in [0.25, 0.3) is 0 Å². The first-order valence-electron chi connectivity index (χ1n) is 14.8. The minimum absolute atomic E-state index is 0.0447. The molecule has 1 aliphatic rings. The number of methoxy groups -OCH3 is 2. The summed E-state index contributed by atoms with van der Waals surface area (Å²) in [5, 5.41) is 9.87. The second-order valence-electron chi connectivity index (χ2n) is 10.8. The Bertz CT molecular complexity index is 1720. The molecule has 0 spiro atoms. The van der Waals surface area contributed by atoms with Gasteiger partial charge in [-0.2, -0.15) is 0 Å².